The van der Waals surface area contributed by atoms with E-state index in [0.29, 0.717) is 6.42 Å². The summed E-state index contributed by atoms with van der Waals surface area (Å²) in [5, 5.41) is 9.77. The van der Waals surface area contributed by atoms with Gasteiger partial charge in [-0.3, -0.25) is 4.79 Å². The zero-order valence-corrected chi connectivity index (χ0v) is 12.2. The molecule has 3 nitrogen and oxygen atoms in total. The molecule has 2 aromatic carbocycles. The molecule has 0 heterocycles. The number of carboxylic acid groups (broad SMARTS) is 1. The van der Waals surface area contributed by atoms with Gasteiger partial charge in [-0.1, -0.05) is 36.4 Å². The van der Waals surface area contributed by atoms with Crippen molar-refractivity contribution >= 4 is 5.97 Å². The van der Waals surface area contributed by atoms with Crippen molar-refractivity contribution in [3.63, 3.8) is 0 Å². The maximum atomic E-state index is 11.9. The van der Waals surface area contributed by atoms with Crippen molar-refractivity contribution in [1.82, 2.24) is 0 Å². The first-order chi connectivity index (χ1) is 10.1. The van der Waals surface area contributed by atoms with E-state index in [1.165, 1.54) is 0 Å². The van der Waals surface area contributed by atoms with E-state index in [4.69, 9.17) is 4.74 Å². The second-order valence-corrected chi connectivity index (χ2v) is 5.81. The van der Waals surface area contributed by atoms with E-state index in [0.717, 1.165) is 22.4 Å². The molecule has 0 spiro atoms. The standard InChI is InChI=1S/C18H18O3/c1-18(17(19)20)11-13-8-9-14(21-2)10-15(13)16(18)12-6-4-3-5-7-12/h3-10,16H,11H2,1-2H3,(H,19,20)/t16-,18+/m0/s1. The summed E-state index contributed by atoms with van der Waals surface area (Å²) in [7, 11) is 1.63. The number of hydrogen-bond acceptors (Lipinski definition) is 2. The van der Waals surface area contributed by atoms with Crippen molar-refractivity contribution in [3.8, 4) is 5.75 Å². The van der Waals surface area contributed by atoms with Crippen LogP contribution in [0.2, 0.25) is 0 Å². The topological polar surface area (TPSA) is 46.5 Å². The summed E-state index contributed by atoms with van der Waals surface area (Å²) < 4.78 is 5.30. The van der Waals surface area contributed by atoms with Crippen molar-refractivity contribution in [2.45, 2.75) is 19.3 Å². The van der Waals surface area contributed by atoms with Crippen LogP contribution in [0.5, 0.6) is 5.75 Å². The lowest BCUT2D eigenvalue weighted by Gasteiger charge is -2.28. The summed E-state index contributed by atoms with van der Waals surface area (Å²) in [6, 6.07) is 15.7. The lowest BCUT2D eigenvalue weighted by molar-refractivity contribution is -0.148. The van der Waals surface area contributed by atoms with E-state index in [1.54, 1.807) is 7.11 Å². The largest absolute Gasteiger partial charge is 0.497 e. The molecule has 1 aliphatic carbocycles. The number of aliphatic carboxylic acids is 1. The zero-order chi connectivity index (χ0) is 15.0. The van der Waals surface area contributed by atoms with Gasteiger partial charge in [-0.15, -0.1) is 0 Å². The fourth-order valence-electron chi connectivity index (χ4n) is 3.36. The first-order valence-corrected chi connectivity index (χ1v) is 7.01. The van der Waals surface area contributed by atoms with Gasteiger partial charge in [0.05, 0.1) is 12.5 Å². The highest BCUT2D eigenvalue weighted by molar-refractivity contribution is 5.79. The Labute approximate surface area is 124 Å². The molecule has 0 bridgehead atoms. The molecular formula is C18H18O3. The Kier molecular flexibility index (Phi) is 3.20. The minimum atomic E-state index is -0.823. The lowest BCUT2D eigenvalue weighted by atomic mass is 9.74. The SMILES string of the molecule is COc1ccc2c(c1)[C@H](c1ccccc1)[C@](C)(C(=O)O)C2. The molecule has 0 aromatic heterocycles. The molecule has 1 aliphatic rings. The van der Waals surface area contributed by atoms with Crippen molar-refractivity contribution in [2.24, 2.45) is 5.41 Å². The molecule has 3 heteroatoms. The van der Waals surface area contributed by atoms with Crippen LogP contribution in [0.15, 0.2) is 48.5 Å². The Bertz CT molecular complexity index is 678. The number of fused-ring (bicyclic) bond motifs is 1. The van der Waals surface area contributed by atoms with Gasteiger partial charge in [0.2, 0.25) is 0 Å². The van der Waals surface area contributed by atoms with E-state index >= 15 is 0 Å². The smallest absolute Gasteiger partial charge is 0.310 e. The van der Waals surface area contributed by atoms with Crippen LogP contribution in [-0.2, 0) is 11.2 Å². The average Bonchev–Trinajstić information content (AvgIpc) is 2.80. The fraction of sp³-hybridized carbons (Fsp3) is 0.278. The summed E-state index contributed by atoms with van der Waals surface area (Å²) >= 11 is 0. The van der Waals surface area contributed by atoms with E-state index < -0.39 is 11.4 Å². The van der Waals surface area contributed by atoms with Crippen LogP contribution in [0, 0.1) is 5.41 Å². The van der Waals surface area contributed by atoms with Crippen molar-refractivity contribution in [3.05, 3.63) is 65.2 Å². The predicted molar refractivity (Wildman–Crippen MR) is 80.7 cm³/mol. The lowest BCUT2D eigenvalue weighted by Crippen LogP contribution is -2.32. The van der Waals surface area contributed by atoms with Crippen LogP contribution in [0.25, 0.3) is 0 Å². The number of methoxy groups -OCH3 is 1. The van der Waals surface area contributed by atoms with E-state index in [1.807, 2.05) is 55.5 Å². The second-order valence-electron chi connectivity index (χ2n) is 5.81. The number of hydrogen-bond donors (Lipinski definition) is 1. The highest BCUT2D eigenvalue weighted by atomic mass is 16.5. The molecule has 0 aliphatic heterocycles. The van der Waals surface area contributed by atoms with Crippen LogP contribution in [-0.4, -0.2) is 18.2 Å². The molecule has 0 saturated heterocycles. The summed E-state index contributed by atoms with van der Waals surface area (Å²) in [5.41, 5.74) is 2.37. The van der Waals surface area contributed by atoms with Gasteiger partial charge in [0.25, 0.3) is 0 Å². The first kappa shape index (κ1) is 13.7. The minimum Gasteiger partial charge on any atom is -0.497 e. The molecule has 0 radical (unpaired) electrons. The van der Waals surface area contributed by atoms with Crippen molar-refractivity contribution < 1.29 is 14.6 Å². The molecule has 0 unspecified atom stereocenters. The number of carboxylic acids is 1. The Hall–Kier alpha value is -2.29. The van der Waals surface area contributed by atoms with Crippen molar-refractivity contribution in [1.29, 1.82) is 0 Å². The number of ether oxygens (including phenoxy) is 1. The molecule has 0 fully saturated rings. The molecule has 0 saturated carbocycles. The summed E-state index contributed by atoms with van der Waals surface area (Å²) in [5.74, 6) is -0.142. The summed E-state index contributed by atoms with van der Waals surface area (Å²) in [6.45, 7) is 1.83. The Morgan fingerprint density at radius 2 is 1.95 bits per heavy atom. The van der Waals surface area contributed by atoms with Crippen LogP contribution in [0.3, 0.4) is 0 Å². The van der Waals surface area contributed by atoms with Gasteiger partial charge in [0, 0.05) is 5.92 Å². The second kappa shape index (κ2) is 4.92. The Morgan fingerprint density at radius 3 is 2.57 bits per heavy atom. The fourth-order valence-corrected chi connectivity index (χ4v) is 3.36. The molecule has 2 atom stereocenters. The van der Waals surface area contributed by atoms with Crippen LogP contribution >= 0.6 is 0 Å². The summed E-state index contributed by atoms with van der Waals surface area (Å²) in [4.78, 5) is 11.9. The predicted octanol–water partition coefficient (Wildman–Crippen LogP) is 3.47. The highest BCUT2D eigenvalue weighted by Gasteiger charge is 2.49. The Morgan fingerprint density at radius 1 is 1.24 bits per heavy atom. The molecule has 108 valence electrons. The van der Waals surface area contributed by atoms with E-state index in [-0.39, 0.29) is 5.92 Å². The maximum Gasteiger partial charge on any atom is 0.310 e. The molecule has 0 amide bonds. The maximum absolute atomic E-state index is 11.9. The third-order valence-electron chi connectivity index (χ3n) is 4.48. The van der Waals surface area contributed by atoms with E-state index in [2.05, 4.69) is 0 Å². The first-order valence-electron chi connectivity index (χ1n) is 7.01. The number of benzene rings is 2. The zero-order valence-electron chi connectivity index (χ0n) is 12.2. The van der Waals surface area contributed by atoms with Gasteiger partial charge in [-0.25, -0.2) is 0 Å². The molecular weight excluding hydrogens is 264 g/mol. The summed E-state index contributed by atoms with van der Waals surface area (Å²) in [6.07, 6.45) is 0.543. The third kappa shape index (κ3) is 2.09. The van der Waals surface area contributed by atoms with Gasteiger partial charge in [0.15, 0.2) is 0 Å². The monoisotopic (exact) mass is 282 g/mol. The average molecular weight is 282 g/mol. The highest BCUT2D eigenvalue weighted by Crippen LogP contribution is 2.51. The van der Waals surface area contributed by atoms with Crippen LogP contribution in [0.4, 0.5) is 0 Å². The quantitative estimate of drug-likeness (QED) is 0.937. The number of carbonyl (C=O) groups is 1. The van der Waals surface area contributed by atoms with Crippen molar-refractivity contribution in [2.75, 3.05) is 7.11 Å². The third-order valence-corrected chi connectivity index (χ3v) is 4.48. The van der Waals surface area contributed by atoms with Gasteiger partial charge in [-0.2, -0.15) is 0 Å². The van der Waals surface area contributed by atoms with Gasteiger partial charge < -0.3 is 9.84 Å². The minimum absolute atomic E-state index is 0.152. The van der Waals surface area contributed by atoms with Gasteiger partial charge in [-0.05, 0) is 42.2 Å². The van der Waals surface area contributed by atoms with E-state index in [9.17, 15) is 9.90 Å². The molecule has 21 heavy (non-hydrogen) atoms. The molecule has 2 aromatic rings. The number of rotatable bonds is 3. The molecule has 3 rings (SSSR count). The van der Waals surface area contributed by atoms with Crippen LogP contribution in [0.1, 0.15) is 29.5 Å². The normalized spacial score (nSPS) is 23.6. The molecule has 1 N–H and O–H groups in total. The van der Waals surface area contributed by atoms with Crippen LogP contribution < -0.4 is 4.74 Å². The van der Waals surface area contributed by atoms with Gasteiger partial charge >= 0.3 is 5.97 Å². The van der Waals surface area contributed by atoms with Gasteiger partial charge in [0.1, 0.15) is 5.75 Å². The Balaban J connectivity index is 2.19.